The molecule has 4 heteroatoms. The van der Waals surface area contributed by atoms with Crippen LogP contribution in [-0.2, 0) is 6.54 Å². The van der Waals surface area contributed by atoms with E-state index in [2.05, 4.69) is 6.07 Å². The zero-order valence-electron chi connectivity index (χ0n) is 10.7. The van der Waals surface area contributed by atoms with E-state index >= 15 is 0 Å². The number of aromatic nitrogens is 1. The van der Waals surface area contributed by atoms with Crippen LogP contribution in [0.1, 0.15) is 18.1 Å². The van der Waals surface area contributed by atoms with E-state index in [-0.39, 0.29) is 5.56 Å². The SMILES string of the molecule is CCOc1cccn(Cc2ccc(C#N)cc2)c1=O. The monoisotopic (exact) mass is 254 g/mol. The molecule has 0 spiro atoms. The van der Waals surface area contributed by atoms with Crippen LogP contribution in [0.15, 0.2) is 47.4 Å². The predicted octanol–water partition coefficient (Wildman–Crippen LogP) is 2.17. The number of rotatable bonds is 4. The van der Waals surface area contributed by atoms with Crippen molar-refractivity contribution >= 4 is 0 Å². The van der Waals surface area contributed by atoms with Crippen LogP contribution in [-0.4, -0.2) is 11.2 Å². The van der Waals surface area contributed by atoms with Crippen molar-refractivity contribution in [3.63, 3.8) is 0 Å². The van der Waals surface area contributed by atoms with Gasteiger partial charge in [-0.2, -0.15) is 5.26 Å². The fourth-order valence-corrected chi connectivity index (χ4v) is 1.79. The number of hydrogen-bond donors (Lipinski definition) is 0. The highest BCUT2D eigenvalue weighted by Crippen LogP contribution is 2.07. The molecule has 1 heterocycles. The minimum Gasteiger partial charge on any atom is -0.488 e. The summed E-state index contributed by atoms with van der Waals surface area (Å²) in [4.78, 5) is 12.1. The van der Waals surface area contributed by atoms with Crippen LogP contribution >= 0.6 is 0 Å². The van der Waals surface area contributed by atoms with Crippen molar-refractivity contribution < 1.29 is 4.74 Å². The third-order valence-corrected chi connectivity index (χ3v) is 2.72. The summed E-state index contributed by atoms with van der Waals surface area (Å²) < 4.78 is 6.86. The Balaban J connectivity index is 2.25. The molecule has 0 radical (unpaired) electrons. The maximum absolute atomic E-state index is 12.1. The zero-order valence-corrected chi connectivity index (χ0v) is 10.7. The molecule has 0 aliphatic rings. The topological polar surface area (TPSA) is 55.0 Å². The van der Waals surface area contributed by atoms with Gasteiger partial charge in [0, 0.05) is 6.20 Å². The molecule has 0 atom stereocenters. The van der Waals surface area contributed by atoms with Crippen LogP contribution < -0.4 is 10.3 Å². The molecule has 0 bridgehead atoms. The van der Waals surface area contributed by atoms with Crippen LogP contribution in [0.25, 0.3) is 0 Å². The standard InChI is InChI=1S/C15H14N2O2/c1-2-19-14-4-3-9-17(15(14)18)11-13-7-5-12(10-16)6-8-13/h3-9H,2,11H2,1H3. The van der Waals surface area contributed by atoms with E-state index in [0.29, 0.717) is 24.5 Å². The predicted molar refractivity (Wildman–Crippen MR) is 72.1 cm³/mol. The minimum atomic E-state index is -0.145. The van der Waals surface area contributed by atoms with Gasteiger partial charge in [-0.05, 0) is 36.8 Å². The summed E-state index contributed by atoms with van der Waals surface area (Å²) in [6, 6.07) is 12.7. The first-order chi connectivity index (χ1) is 9.24. The molecule has 1 aromatic carbocycles. The van der Waals surface area contributed by atoms with Crippen molar-refractivity contribution in [3.8, 4) is 11.8 Å². The van der Waals surface area contributed by atoms with Crippen molar-refractivity contribution in [1.29, 1.82) is 5.26 Å². The van der Waals surface area contributed by atoms with Gasteiger partial charge in [0.25, 0.3) is 5.56 Å². The highest BCUT2D eigenvalue weighted by atomic mass is 16.5. The lowest BCUT2D eigenvalue weighted by Crippen LogP contribution is -2.21. The number of hydrogen-bond acceptors (Lipinski definition) is 3. The maximum Gasteiger partial charge on any atom is 0.293 e. The second-order valence-electron chi connectivity index (χ2n) is 4.05. The Morgan fingerprint density at radius 2 is 2.00 bits per heavy atom. The smallest absolute Gasteiger partial charge is 0.293 e. The summed E-state index contributed by atoms with van der Waals surface area (Å²) in [5.74, 6) is 0.360. The molecule has 2 rings (SSSR count). The molecule has 2 aromatic rings. The number of nitrogens with zero attached hydrogens (tertiary/aromatic N) is 2. The van der Waals surface area contributed by atoms with Crippen molar-refractivity contribution in [2.45, 2.75) is 13.5 Å². The van der Waals surface area contributed by atoms with E-state index < -0.39 is 0 Å². The first-order valence-corrected chi connectivity index (χ1v) is 6.06. The van der Waals surface area contributed by atoms with Gasteiger partial charge < -0.3 is 9.30 Å². The van der Waals surface area contributed by atoms with Crippen molar-refractivity contribution in [3.05, 3.63) is 64.1 Å². The summed E-state index contributed by atoms with van der Waals surface area (Å²) in [5.41, 5.74) is 1.43. The minimum absolute atomic E-state index is 0.145. The average molecular weight is 254 g/mol. The molecule has 0 saturated carbocycles. The van der Waals surface area contributed by atoms with Crippen molar-refractivity contribution in [1.82, 2.24) is 4.57 Å². The number of nitriles is 1. The summed E-state index contributed by atoms with van der Waals surface area (Å²) in [5, 5.41) is 8.74. The molecule has 0 aliphatic heterocycles. The Morgan fingerprint density at radius 3 is 2.63 bits per heavy atom. The second-order valence-corrected chi connectivity index (χ2v) is 4.05. The van der Waals surface area contributed by atoms with E-state index in [1.165, 1.54) is 0 Å². The molecular weight excluding hydrogens is 240 g/mol. The second kappa shape index (κ2) is 5.87. The van der Waals surface area contributed by atoms with Gasteiger partial charge in [-0.15, -0.1) is 0 Å². The van der Waals surface area contributed by atoms with Gasteiger partial charge in [0.1, 0.15) is 0 Å². The van der Waals surface area contributed by atoms with Gasteiger partial charge >= 0.3 is 0 Å². The normalized spacial score (nSPS) is 9.89. The van der Waals surface area contributed by atoms with E-state index in [1.807, 2.05) is 19.1 Å². The first kappa shape index (κ1) is 12.9. The largest absolute Gasteiger partial charge is 0.488 e. The molecule has 0 fully saturated rings. The summed E-state index contributed by atoms with van der Waals surface area (Å²) in [6.07, 6.45) is 1.73. The summed E-state index contributed by atoms with van der Waals surface area (Å²) in [7, 11) is 0. The Kier molecular flexibility index (Phi) is 3.99. The van der Waals surface area contributed by atoms with Crippen LogP contribution in [0, 0.1) is 11.3 Å². The lowest BCUT2D eigenvalue weighted by molar-refractivity contribution is 0.332. The zero-order chi connectivity index (χ0) is 13.7. The third kappa shape index (κ3) is 3.02. The number of benzene rings is 1. The van der Waals surface area contributed by atoms with Gasteiger partial charge in [-0.25, -0.2) is 0 Å². The molecule has 0 amide bonds. The quantitative estimate of drug-likeness (QED) is 0.840. The highest BCUT2D eigenvalue weighted by Gasteiger charge is 2.04. The van der Waals surface area contributed by atoms with E-state index in [1.54, 1.807) is 35.0 Å². The molecule has 19 heavy (non-hydrogen) atoms. The Morgan fingerprint density at radius 1 is 1.26 bits per heavy atom. The molecule has 4 nitrogen and oxygen atoms in total. The Labute approximate surface area is 111 Å². The van der Waals surface area contributed by atoms with E-state index in [0.717, 1.165) is 5.56 Å². The average Bonchev–Trinajstić information content (AvgIpc) is 2.44. The number of pyridine rings is 1. The van der Waals surface area contributed by atoms with E-state index in [4.69, 9.17) is 10.00 Å². The molecule has 1 aromatic heterocycles. The molecule has 0 aliphatic carbocycles. The van der Waals surface area contributed by atoms with E-state index in [9.17, 15) is 4.79 Å². The lowest BCUT2D eigenvalue weighted by atomic mass is 10.1. The molecular formula is C15H14N2O2. The number of ether oxygens (including phenoxy) is 1. The molecule has 0 N–H and O–H groups in total. The Hall–Kier alpha value is -2.54. The van der Waals surface area contributed by atoms with Gasteiger partial charge in [-0.1, -0.05) is 12.1 Å². The first-order valence-electron chi connectivity index (χ1n) is 6.06. The van der Waals surface area contributed by atoms with Gasteiger partial charge in [0.15, 0.2) is 5.75 Å². The Bertz CT molecular complexity index is 651. The fourth-order valence-electron chi connectivity index (χ4n) is 1.79. The van der Waals surface area contributed by atoms with Gasteiger partial charge in [-0.3, -0.25) is 4.79 Å². The van der Waals surface area contributed by atoms with Gasteiger partial charge in [0.05, 0.1) is 24.8 Å². The van der Waals surface area contributed by atoms with Crippen molar-refractivity contribution in [2.75, 3.05) is 6.61 Å². The van der Waals surface area contributed by atoms with Crippen LogP contribution in [0.5, 0.6) is 5.75 Å². The van der Waals surface area contributed by atoms with Gasteiger partial charge in [0.2, 0.25) is 0 Å². The van der Waals surface area contributed by atoms with Crippen LogP contribution in [0.4, 0.5) is 0 Å². The van der Waals surface area contributed by atoms with Crippen LogP contribution in [0.3, 0.4) is 0 Å². The van der Waals surface area contributed by atoms with Crippen LogP contribution in [0.2, 0.25) is 0 Å². The fraction of sp³-hybridized carbons (Fsp3) is 0.200. The van der Waals surface area contributed by atoms with Crippen molar-refractivity contribution in [2.24, 2.45) is 0 Å². The lowest BCUT2D eigenvalue weighted by Gasteiger charge is -2.08. The summed E-state index contributed by atoms with van der Waals surface area (Å²) >= 11 is 0. The third-order valence-electron chi connectivity index (χ3n) is 2.72. The highest BCUT2D eigenvalue weighted by molar-refractivity contribution is 5.31. The maximum atomic E-state index is 12.1. The molecule has 0 saturated heterocycles. The molecule has 96 valence electrons. The molecule has 0 unspecified atom stereocenters. The summed E-state index contributed by atoms with van der Waals surface area (Å²) in [6.45, 7) is 2.78.